The van der Waals surface area contributed by atoms with E-state index >= 15 is 0 Å². The van der Waals surface area contributed by atoms with Crippen LogP contribution < -0.4 is 14.9 Å². The molecule has 0 saturated carbocycles. The fourth-order valence-corrected chi connectivity index (χ4v) is 2.17. The van der Waals surface area contributed by atoms with E-state index in [2.05, 4.69) is 26.5 Å². The van der Waals surface area contributed by atoms with Crippen molar-refractivity contribution in [1.82, 2.24) is 5.43 Å². The third-order valence-corrected chi connectivity index (χ3v) is 3.62. The molecule has 2 aromatic carbocycles. The van der Waals surface area contributed by atoms with Crippen molar-refractivity contribution in [3.8, 4) is 11.5 Å². The van der Waals surface area contributed by atoms with Crippen molar-refractivity contribution in [1.29, 1.82) is 0 Å². The van der Waals surface area contributed by atoms with Gasteiger partial charge in [0.25, 0.3) is 5.91 Å². The lowest BCUT2D eigenvalue weighted by molar-refractivity contribution is -0.127. The molecule has 6 heteroatoms. The Bertz CT molecular complexity index is 702. The average Bonchev–Trinajstić information content (AvgIpc) is 2.58. The zero-order valence-corrected chi connectivity index (χ0v) is 15.1. The predicted octanol–water partition coefficient (Wildman–Crippen LogP) is 3.77. The van der Waals surface area contributed by atoms with Crippen LogP contribution in [0.4, 0.5) is 0 Å². The number of benzene rings is 2. The van der Waals surface area contributed by atoms with Crippen molar-refractivity contribution >= 4 is 28.1 Å². The monoisotopic (exact) mass is 390 g/mol. The van der Waals surface area contributed by atoms with E-state index in [1.807, 2.05) is 43.3 Å². The molecule has 24 heavy (non-hydrogen) atoms. The molecule has 1 amide bonds. The summed E-state index contributed by atoms with van der Waals surface area (Å²) < 4.78 is 12.0. The van der Waals surface area contributed by atoms with Gasteiger partial charge in [0.05, 0.1) is 12.8 Å². The van der Waals surface area contributed by atoms with E-state index in [9.17, 15) is 4.79 Å². The highest BCUT2D eigenvalue weighted by Gasteiger charge is 2.13. The van der Waals surface area contributed by atoms with Gasteiger partial charge >= 0.3 is 0 Å². The Balaban J connectivity index is 1.91. The summed E-state index contributed by atoms with van der Waals surface area (Å²) in [4.78, 5) is 12.0. The maximum Gasteiger partial charge on any atom is 0.280 e. The largest absolute Gasteiger partial charge is 0.493 e. The number of halogens is 1. The zero-order chi connectivity index (χ0) is 17.4. The summed E-state index contributed by atoms with van der Waals surface area (Å²) in [5, 5.41) is 3.97. The average molecular weight is 391 g/mol. The van der Waals surface area contributed by atoms with E-state index in [1.165, 1.54) is 0 Å². The summed E-state index contributed by atoms with van der Waals surface area (Å²) in [5.74, 6) is 1.01. The van der Waals surface area contributed by atoms with Gasteiger partial charge in [-0.3, -0.25) is 4.79 Å². The number of nitrogens with one attached hydrogen (secondary N) is 1. The first-order valence-electron chi connectivity index (χ1n) is 7.57. The molecule has 2 aromatic rings. The Hall–Kier alpha value is -2.34. The normalized spacial score (nSPS) is 12.0. The number of hydrogen-bond donors (Lipinski definition) is 1. The summed E-state index contributed by atoms with van der Waals surface area (Å²) in [6, 6.07) is 14.8. The molecular formula is C18H19BrN2O3. The Morgan fingerprint density at radius 2 is 1.96 bits per heavy atom. The van der Waals surface area contributed by atoms with Crippen molar-refractivity contribution < 1.29 is 14.3 Å². The van der Waals surface area contributed by atoms with Crippen LogP contribution in [0.5, 0.6) is 11.5 Å². The van der Waals surface area contributed by atoms with Crippen molar-refractivity contribution in [2.45, 2.75) is 20.0 Å². The van der Waals surface area contributed by atoms with E-state index in [0.717, 1.165) is 15.8 Å². The number of amides is 1. The van der Waals surface area contributed by atoms with Crippen LogP contribution in [-0.2, 0) is 4.79 Å². The van der Waals surface area contributed by atoms with Gasteiger partial charge in [0.15, 0.2) is 6.10 Å². The van der Waals surface area contributed by atoms with Crippen LogP contribution in [0.1, 0.15) is 19.4 Å². The van der Waals surface area contributed by atoms with Gasteiger partial charge in [-0.2, -0.15) is 5.10 Å². The summed E-state index contributed by atoms with van der Waals surface area (Å²) in [7, 11) is 0. The SMILES string of the molecule is CCOc1ccccc1C=NNC(=O)C(C)Oc1ccc(Br)cc1. The van der Waals surface area contributed by atoms with E-state index in [-0.39, 0.29) is 5.91 Å². The molecule has 0 spiro atoms. The Morgan fingerprint density at radius 1 is 1.25 bits per heavy atom. The zero-order valence-electron chi connectivity index (χ0n) is 13.5. The number of hydrazone groups is 1. The van der Waals surface area contributed by atoms with E-state index in [4.69, 9.17) is 9.47 Å². The Morgan fingerprint density at radius 3 is 2.67 bits per heavy atom. The van der Waals surface area contributed by atoms with Gasteiger partial charge in [-0.25, -0.2) is 5.43 Å². The quantitative estimate of drug-likeness (QED) is 0.578. The number of carbonyl (C=O) groups is 1. The summed E-state index contributed by atoms with van der Waals surface area (Å²) in [6.07, 6.45) is 0.889. The Labute approximate surface area is 149 Å². The second-order valence-corrected chi connectivity index (χ2v) is 5.83. The topological polar surface area (TPSA) is 59.9 Å². The highest BCUT2D eigenvalue weighted by atomic mass is 79.9. The van der Waals surface area contributed by atoms with Crippen molar-refractivity contribution in [2.75, 3.05) is 6.61 Å². The molecule has 0 aliphatic heterocycles. The second-order valence-electron chi connectivity index (χ2n) is 4.92. The molecule has 0 aromatic heterocycles. The molecular weight excluding hydrogens is 372 g/mol. The maximum atomic E-state index is 12.0. The first-order valence-corrected chi connectivity index (χ1v) is 8.36. The van der Waals surface area contributed by atoms with Gasteiger partial charge < -0.3 is 9.47 Å². The molecule has 0 saturated heterocycles. The third kappa shape index (κ3) is 5.38. The molecule has 1 atom stereocenters. The van der Waals surface area contributed by atoms with Crippen LogP contribution in [0.2, 0.25) is 0 Å². The standard InChI is InChI=1S/C18H19BrN2O3/c1-3-23-17-7-5-4-6-14(17)12-20-21-18(22)13(2)24-16-10-8-15(19)9-11-16/h4-13H,3H2,1-2H3,(H,21,22). The van der Waals surface area contributed by atoms with Gasteiger partial charge in [-0.15, -0.1) is 0 Å². The molecule has 0 fully saturated rings. The lowest BCUT2D eigenvalue weighted by atomic mass is 10.2. The minimum Gasteiger partial charge on any atom is -0.493 e. The second kappa shape index (κ2) is 9.08. The van der Waals surface area contributed by atoms with Gasteiger partial charge in [0, 0.05) is 10.0 Å². The molecule has 0 aliphatic rings. The highest BCUT2D eigenvalue weighted by molar-refractivity contribution is 9.10. The number of nitrogens with zero attached hydrogens (tertiary/aromatic N) is 1. The predicted molar refractivity (Wildman–Crippen MR) is 97.6 cm³/mol. The summed E-state index contributed by atoms with van der Waals surface area (Å²) in [5.41, 5.74) is 3.27. The fraction of sp³-hybridized carbons (Fsp3) is 0.222. The lowest BCUT2D eigenvalue weighted by Crippen LogP contribution is -2.33. The smallest absolute Gasteiger partial charge is 0.280 e. The van der Waals surface area contributed by atoms with Gasteiger partial charge in [-0.1, -0.05) is 28.1 Å². The molecule has 126 valence electrons. The molecule has 0 bridgehead atoms. The molecule has 1 N–H and O–H groups in total. The Kier molecular flexibility index (Phi) is 6.81. The van der Waals surface area contributed by atoms with Gasteiger partial charge in [-0.05, 0) is 50.2 Å². The molecule has 0 heterocycles. The van der Waals surface area contributed by atoms with Crippen LogP contribution in [0.25, 0.3) is 0 Å². The number of ether oxygens (including phenoxy) is 2. The number of para-hydroxylation sites is 1. The highest BCUT2D eigenvalue weighted by Crippen LogP contribution is 2.17. The van der Waals surface area contributed by atoms with Gasteiger partial charge in [0.1, 0.15) is 11.5 Å². The van der Waals surface area contributed by atoms with Gasteiger partial charge in [0.2, 0.25) is 0 Å². The molecule has 5 nitrogen and oxygen atoms in total. The van der Waals surface area contributed by atoms with Crippen LogP contribution >= 0.6 is 15.9 Å². The van der Waals surface area contributed by atoms with Crippen LogP contribution in [0.15, 0.2) is 58.1 Å². The first-order chi connectivity index (χ1) is 11.6. The van der Waals surface area contributed by atoms with Crippen molar-refractivity contribution in [3.05, 3.63) is 58.6 Å². The first kappa shape index (κ1) is 18.0. The summed E-state index contributed by atoms with van der Waals surface area (Å²) in [6.45, 7) is 4.15. The molecule has 0 radical (unpaired) electrons. The van der Waals surface area contributed by atoms with E-state index in [0.29, 0.717) is 12.4 Å². The number of carbonyl (C=O) groups excluding carboxylic acids is 1. The molecule has 1 unspecified atom stereocenters. The van der Waals surface area contributed by atoms with Crippen LogP contribution in [-0.4, -0.2) is 24.8 Å². The van der Waals surface area contributed by atoms with Crippen molar-refractivity contribution in [3.63, 3.8) is 0 Å². The van der Waals surface area contributed by atoms with Crippen LogP contribution in [0.3, 0.4) is 0 Å². The number of hydrogen-bond acceptors (Lipinski definition) is 4. The van der Waals surface area contributed by atoms with E-state index < -0.39 is 6.10 Å². The van der Waals surface area contributed by atoms with Crippen molar-refractivity contribution in [2.24, 2.45) is 5.10 Å². The molecule has 2 rings (SSSR count). The minimum absolute atomic E-state index is 0.331. The lowest BCUT2D eigenvalue weighted by Gasteiger charge is -2.13. The van der Waals surface area contributed by atoms with Crippen LogP contribution in [0, 0.1) is 0 Å². The minimum atomic E-state index is -0.662. The summed E-state index contributed by atoms with van der Waals surface area (Å²) >= 11 is 3.35. The maximum absolute atomic E-state index is 12.0. The van der Waals surface area contributed by atoms with E-state index in [1.54, 1.807) is 25.3 Å². The number of rotatable bonds is 7. The fourth-order valence-electron chi connectivity index (χ4n) is 1.90. The third-order valence-electron chi connectivity index (χ3n) is 3.09. The molecule has 0 aliphatic carbocycles.